The van der Waals surface area contributed by atoms with Crippen molar-refractivity contribution in [2.24, 2.45) is 0 Å². The lowest BCUT2D eigenvalue weighted by molar-refractivity contribution is -0.132. The number of nitrogens with one attached hydrogen (secondary N) is 1. The maximum Gasteiger partial charge on any atom is 0.325 e. The molecule has 2 atom stereocenters. The average molecular weight is 362 g/mol. The molecule has 1 aromatic heterocycles. The Bertz CT molecular complexity index is 777. The molecule has 2 heterocycles. The number of ether oxygens (including phenoxy) is 1. The van der Waals surface area contributed by atoms with E-state index in [1.807, 2.05) is 0 Å². The standard InChI is InChI=1S/C18H19FN2O5/c1-18(12-4-6-13(19)7-5-12)16(23)21(17(24)20-18)9-14(22)10-25-11-15-3-2-8-26-15/h2-8,14,22H,9-11H2,1H3,(H,20,24)/t14-,18+/m1/s1. The number of aliphatic hydroxyl groups excluding tert-OH is 1. The number of carbonyl (C=O) groups is 2. The number of β-amino-alcohol motifs (C(OH)–C–C–N with tert-alkyl or cyclic N) is 1. The molecule has 1 aliphatic heterocycles. The van der Waals surface area contributed by atoms with Crippen LogP contribution in [0.25, 0.3) is 0 Å². The molecular formula is C18H19FN2O5. The lowest BCUT2D eigenvalue weighted by Crippen LogP contribution is -2.42. The summed E-state index contributed by atoms with van der Waals surface area (Å²) in [6.07, 6.45) is 0.466. The molecule has 2 aromatic rings. The Balaban J connectivity index is 1.60. The Morgan fingerprint density at radius 1 is 1.31 bits per heavy atom. The first-order valence-electron chi connectivity index (χ1n) is 8.08. The number of imide groups is 1. The van der Waals surface area contributed by atoms with Gasteiger partial charge in [-0.2, -0.15) is 0 Å². The van der Waals surface area contributed by atoms with Gasteiger partial charge in [0.05, 0.1) is 25.5 Å². The maximum atomic E-state index is 13.1. The number of halogens is 1. The monoisotopic (exact) mass is 362 g/mol. The van der Waals surface area contributed by atoms with Gasteiger partial charge >= 0.3 is 6.03 Å². The second-order valence-electron chi connectivity index (χ2n) is 6.23. The molecule has 1 aromatic carbocycles. The summed E-state index contributed by atoms with van der Waals surface area (Å²) in [7, 11) is 0. The first-order valence-corrected chi connectivity index (χ1v) is 8.08. The van der Waals surface area contributed by atoms with Crippen molar-refractivity contribution in [2.75, 3.05) is 13.2 Å². The zero-order valence-electron chi connectivity index (χ0n) is 14.1. The number of benzene rings is 1. The quantitative estimate of drug-likeness (QED) is 0.733. The van der Waals surface area contributed by atoms with Gasteiger partial charge in [-0.25, -0.2) is 9.18 Å². The van der Waals surface area contributed by atoms with E-state index in [2.05, 4.69) is 5.32 Å². The molecule has 8 heteroatoms. The number of nitrogens with zero attached hydrogens (tertiary/aromatic N) is 1. The molecule has 0 radical (unpaired) electrons. The van der Waals surface area contributed by atoms with Gasteiger partial charge in [0, 0.05) is 0 Å². The van der Waals surface area contributed by atoms with Gasteiger partial charge in [-0.3, -0.25) is 9.69 Å². The summed E-state index contributed by atoms with van der Waals surface area (Å²) in [5.41, 5.74) is -0.845. The van der Waals surface area contributed by atoms with Crippen molar-refractivity contribution in [3.8, 4) is 0 Å². The second-order valence-corrected chi connectivity index (χ2v) is 6.23. The highest BCUT2D eigenvalue weighted by atomic mass is 19.1. The van der Waals surface area contributed by atoms with Gasteiger partial charge < -0.3 is 19.6 Å². The summed E-state index contributed by atoms with van der Waals surface area (Å²) in [4.78, 5) is 25.8. The van der Waals surface area contributed by atoms with Crippen LogP contribution in [0.5, 0.6) is 0 Å². The fourth-order valence-corrected chi connectivity index (χ4v) is 2.80. The lowest BCUT2D eigenvalue weighted by atomic mass is 9.92. The lowest BCUT2D eigenvalue weighted by Gasteiger charge is -2.23. The summed E-state index contributed by atoms with van der Waals surface area (Å²) >= 11 is 0. The van der Waals surface area contributed by atoms with E-state index in [9.17, 15) is 19.1 Å². The Morgan fingerprint density at radius 3 is 2.69 bits per heavy atom. The van der Waals surface area contributed by atoms with Gasteiger partial charge in [0.1, 0.15) is 23.7 Å². The fourth-order valence-electron chi connectivity index (χ4n) is 2.80. The maximum absolute atomic E-state index is 13.1. The summed E-state index contributed by atoms with van der Waals surface area (Å²) < 4.78 is 23.5. The zero-order chi connectivity index (χ0) is 18.7. The molecule has 3 rings (SSSR count). The van der Waals surface area contributed by atoms with E-state index in [0.29, 0.717) is 11.3 Å². The van der Waals surface area contributed by atoms with Crippen molar-refractivity contribution in [2.45, 2.75) is 25.2 Å². The van der Waals surface area contributed by atoms with Gasteiger partial charge in [0.15, 0.2) is 0 Å². The number of rotatable bonds is 7. The molecule has 0 saturated carbocycles. The molecule has 0 aliphatic carbocycles. The molecule has 1 aliphatic rings. The molecule has 138 valence electrons. The molecule has 2 N–H and O–H groups in total. The predicted molar refractivity (Wildman–Crippen MR) is 88.4 cm³/mol. The van der Waals surface area contributed by atoms with Crippen LogP contribution >= 0.6 is 0 Å². The van der Waals surface area contributed by atoms with E-state index >= 15 is 0 Å². The van der Waals surface area contributed by atoms with Crippen molar-refractivity contribution < 1.29 is 28.2 Å². The van der Waals surface area contributed by atoms with Crippen LogP contribution in [0.3, 0.4) is 0 Å². The first kappa shape index (κ1) is 18.1. The smallest absolute Gasteiger partial charge is 0.325 e. The fraction of sp³-hybridized carbons (Fsp3) is 0.333. The normalized spacial score (nSPS) is 21.1. The molecular weight excluding hydrogens is 343 g/mol. The van der Waals surface area contributed by atoms with Crippen molar-refractivity contribution in [1.29, 1.82) is 0 Å². The van der Waals surface area contributed by atoms with Gasteiger partial charge in [0.25, 0.3) is 5.91 Å². The minimum atomic E-state index is -1.31. The van der Waals surface area contributed by atoms with E-state index in [0.717, 1.165) is 4.90 Å². The van der Waals surface area contributed by atoms with Crippen LogP contribution in [0.2, 0.25) is 0 Å². The number of carbonyl (C=O) groups excluding carboxylic acids is 2. The number of hydrogen-bond donors (Lipinski definition) is 2. The number of aliphatic hydroxyl groups is 1. The Kier molecular flexibility index (Phi) is 5.06. The largest absolute Gasteiger partial charge is 0.467 e. The molecule has 1 fully saturated rings. The number of urea groups is 1. The van der Waals surface area contributed by atoms with E-state index in [1.165, 1.54) is 30.5 Å². The Labute approximate surface area is 149 Å². The SMILES string of the molecule is C[C@@]1(c2ccc(F)cc2)NC(=O)N(C[C@@H](O)COCc2ccco2)C1=O. The van der Waals surface area contributed by atoms with Gasteiger partial charge in [0.2, 0.25) is 0 Å². The molecule has 1 saturated heterocycles. The van der Waals surface area contributed by atoms with E-state index in [4.69, 9.17) is 9.15 Å². The highest BCUT2D eigenvalue weighted by Crippen LogP contribution is 2.29. The third-order valence-corrected chi connectivity index (χ3v) is 4.22. The van der Waals surface area contributed by atoms with Crippen molar-refractivity contribution in [3.05, 3.63) is 59.8 Å². The topological polar surface area (TPSA) is 92.0 Å². The number of furan rings is 1. The highest BCUT2D eigenvalue weighted by Gasteiger charge is 2.49. The van der Waals surface area contributed by atoms with E-state index in [1.54, 1.807) is 19.1 Å². The number of amides is 3. The zero-order valence-corrected chi connectivity index (χ0v) is 14.1. The minimum absolute atomic E-state index is 0.0645. The van der Waals surface area contributed by atoms with Gasteiger partial charge in [-0.05, 0) is 36.8 Å². The van der Waals surface area contributed by atoms with Gasteiger partial charge in [-0.1, -0.05) is 12.1 Å². The molecule has 26 heavy (non-hydrogen) atoms. The van der Waals surface area contributed by atoms with Crippen molar-refractivity contribution in [1.82, 2.24) is 10.2 Å². The molecule has 3 amide bonds. The van der Waals surface area contributed by atoms with Crippen LogP contribution < -0.4 is 5.32 Å². The third kappa shape index (κ3) is 3.61. The minimum Gasteiger partial charge on any atom is -0.467 e. The van der Waals surface area contributed by atoms with Crippen LogP contribution in [0, 0.1) is 5.82 Å². The summed E-state index contributed by atoms with van der Waals surface area (Å²) in [6, 6.07) is 8.17. The first-order chi connectivity index (χ1) is 12.4. The van der Waals surface area contributed by atoms with Crippen molar-refractivity contribution in [3.63, 3.8) is 0 Å². The van der Waals surface area contributed by atoms with Crippen LogP contribution in [0.1, 0.15) is 18.2 Å². The summed E-state index contributed by atoms with van der Waals surface area (Å²) in [5.74, 6) is -0.342. The van der Waals surface area contributed by atoms with Crippen LogP contribution in [-0.2, 0) is 21.7 Å². The molecule has 0 bridgehead atoms. The number of hydrogen-bond acceptors (Lipinski definition) is 5. The molecule has 0 unspecified atom stereocenters. The van der Waals surface area contributed by atoms with Crippen LogP contribution in [0.15, 0.2) is 47.1 Å². The van der Waals surface area contributed by atoms with Crippen molar-refractivity contribution >= 4 is 11.9 Å². The van der Waals surface area contributed by atoms with Gasteiger partial charge in [-0.15, -0.1) is 0 Å². The van der Waals surface area contributed by atoms with E-state index in [-0.39, 0.29) is 19.8 Å². The van der Waals surface area contributed by atoms with Crippen LogP contribution in [0.4, 0.5) is 9.18 Å². The Hall–Kier alpha value is -2.71. The summed E-state index contributed by atoms with van der Waals surface area (Å²) in [5, 5.41) is 12.7. The highest BCUT2D eigenvalue weighted by molar-refractivity contribution is 6.07. The average Bonchev–Trinajstić information content (AvgIpc) is 3.19. The molecule has 7 nitrogen and oxygen atoms in total. The second kappa shape index (κ2) is 7.27. The third-order valence-electron chi connectivity index (χ3n) is 4.22. The van der Waals surface area contributed by atoms with Crippen LogP contribution in [-0.4, -0.2) is 41.2 Å². The van der Waals surface area contributed by atoms with E-state index < -0.39 is 29.4 Å². The Morgan fingerprint density at radius 2 is 2.04 bits per heavy atom. The molecule has 0 spiro atoms. The predicted octanol–water partition coefficient (Wildman–Crippen LogP) is 1.76. The summed E-state index contributed by atoms with van der Waals surface area (Å²) in [6.45, 7) is 1.45.